The molecule has 28 heavy (non-hydrogen) atoms. The van der Waals surface area contributed by atoms with Crippen LogP contribution in [0.5, 0.6) is 0 Å². The van der Waals surface area contributed by atoms with Crippen LogP contribution in [-0.4, -0.2) is 24.3 Å². The van der Waals surface area contributed by atoms with Crippen molar-refractivity contribution in [3.8, 4) is 11.1 Å². The van der Waals surface area contributed by atoms with Crippen LogP contribution < -0.4 is 10.0 Å². The molecule has 0 atom stereocenters. The van der Waals surface area contributed by atoms with Crippen LogP contribution >= 0.6 is 34.5 Å². The van der Waals surface area contributed by atoms with Gasteiger partial charge in [0.1, 0.15) is 15.0 Å². The number of hydrogen-bond donors (Lipinski definition) is 2. The van der Waals surface area contributed by atoms with Gasteiger partial charge in [-0.3, -0.25) is 14.5 Å². The van der Waals surface area contributed by atoms with E-state index >= 15 is 0 Å². The van der Waals surface area contributed by atoms with Gasteiger partial charge in [0.25, 0.3) is 10.0 Å². The van der Waals surface area contributed by atoms with Crippen molar-refractivity contribution < 1.29 is 13.2 Å². The molecule has 7 nitrogen and oxygen atoms in total. The molecule has 1 amide bonds. The molecule has 0 bridgehead atoms. The second-order valence-corrected chi connectivity index (χ2v) is 9.70. The molecule has 0 saturated carbocycles. The summed E-state index contributed by atoms with van der Waals surface area (Å²) in [5.74, 6) is 0.138. The maximum atomic E-state index is 12.7. The topological polar surface area (TPSA) is 101 Å². The van der Waals surface area contributed by atoms with Gasteiger partial charge in [0.15, 0.2) is 0 Å². The predicted molar refractivity (Wildman–Crippen MR) is 112 cm³/mol. The molecule has 0 saturated heterocycles. The second kappa shape index (κ2) is 8.04. The highest BCUT2D eigenvalue weighted by Crippen LogP contribution is 2.35. The molecule has 0 unspecified atom stereocenters. The molecule has 0 aliphatic heterocycles. The van der Waals surface area contributed by atoms with Gasteiger partial charge in [0.2, 0.25) is 5.91 Å². The van der Waals surface area contributed by atoms with Crippen LogP contribution in [0.2, 0.25) is 8.67 Å². The summed E-state index contributed by atoms with van der Waals surface area (Å²) in [6.45, 7) is 3.07. The minimum atomic E-state index is -3.93. The van der Waals surface area contributed by atoms with Gasteiger partial charge in [0.05, 0.1) is 15.7 Å². The van der Waals surface area contributed by atoms with E-state index in [1.165, 1.54) is 19.2 Å². The monoisotopic (exact) mass is 456 g/mol. The Labute approximate surface area is 175 Å². The van der Waals surface area contributed by atoms with Gasteiger partial charge in [-0.25, -0.2) is 13.4 Å². The first-order valence-electron chi connectivity index (χ1n) is 7.84. The van der Waals surface area contributed by atoms with E-state index in [0.29, 0.717) is 28.3 Å². The van der Waals surface area contributed by atoms with E-state index in [9.17, 15) is 13.2 Å². The Bertz CT molecular complexity index is 1160. The Morgan fingerprint density at radius 3 is 2.54 bits per heavy atom. The van der Waals surface area contributed by atoms with Crippen molar-refractivity contribution >= 4 is 62.0 Å². The summed E-state index contributed by atoms with van der Waals surface area (Å²) in [6, 6.07) is 6.34. The van der Waals surface area contributed by atoms with E-state index in [-0.39, 0.29) is 19.5 Å². The average Bonchev–Trinajstić information content (AvgIpc) is 2.95. The Morgan fingerprint density at radius 2 is 1.89 bits per heavy atom. The highest BCUT2D eigenvalue weighted by molar-refractivity contribution is 7.93. The standard InChI is InChI=1S/C17H14Cl2N4O3S2/c1-9-13(23-28(25,26)14-7-15(18)27-17(14)19)5-12(8-21-9)11-3-4-20-16(6-11)22-10(2)24/h3-8,23H,1-2H3,(H,20,22,24). The predicted octanol–water partition coefficient (Wildman–Crippen LogP) is 4.58. The van der Waals surface area contributed by atoms with Crippen LogP contribution in [0.15, 0.2) is 41.6 Å². The Kier molecular flexibility index (Phi) is 5.90. The van der Waals surface area contributed by atoms with E-state index in [1.54, 1.807) is 31.3 Å². The fourth-order valence-electron chi connectivity index (χ4n) is 2.36. The lowest BCUT2D eigenvalue weighted by atomic mass is 10.1. The van der Waals surface area contributed by atoms with E-state index < -0.39 is 10.0 Å². The fraction of sp³-hybridized carbons (Fsp3) is 0.118. The third-order valence-electron chi connectivity index (χ3n) is 3.64. The molecule has 3 rings (SSSR count). The van der Waals surface area contributed by atoms with Gasteiger partial charge in [-0.1, -0.05) is 23.2 Å². The Morgan fingerprint density at radius 1 is 1.14 bits per heavy atom. The number of hydrogen-bond acceptors (Lipinski definition) is 6. The number of pyridine rings is 2. The normalized spacial score (nSPS) is 11.3. The number of amides is 1. The molecule has 0 aromatic carbocycles. The maximum Gasteiger partial charge on any atom is 0.264 e. The molecular weight excluding hydrogens is 443 g/mol. The molecule has 0 aliphatic rings. The SMILES string of the molecule is CC(=O)Nc1cc(-c2cnc(C)c(NS(=O)(=O)c3cc(Cl)sc3Cl)c2)ccn1. The van der Waals surface area contributed by atoms with Crippen LogP contribution in [0.25, 0.3) is 11.1 Å². The summed E-state index contributed by atoms with van der Waals surface area (Å²) in [4.78, 5) is 19.5. The number of sulfonamides is 1. The van der Waals surface area contributed by atoms with Crippen LogP contribution in [0.1, 0.15) is 12.6 Å². The largest absolute Gasteiger partial charge is 0.311 e. The third-order valence-corrected chi connectivity index (χ3v) is 6.76. The van der Waals surface area contributed by atoms with Crippen molar-refractivity contribution in [3.05, 3.63) is 51.0 Å². The molecule has 0 aliphatic carbocycles. The van der Waals surface area contributed by atoms with Gasteiger partial charge in [-0.2, -0.15) is 0 Å². The molecule has 3 aromatic heterocycles. The van der Waals surface area contributed by atoms with Crippen molar-refractivity contribution in [2.45, 2.75) is 18.7 Å². The lowest BCUT2D eigenvalue weighted by Gasteiger charge is -2.12. The van der Waals surface area contributed by atoms with Crippen molar-refractivity contribution in [1.82, 2.24) is 9.97 Å². The van der Waals surface area contributed by atoms with Crippen LogP contribution in [0.4, 0.5) is 11.5 Å². The van der Waals surface area contributed by atoms with Crippen LogP contribution in [0, 0.1) is 6.92 Å². The van der Waals surface area contributed by atoms with E-state index in [4.69, 9.17) is 23.2 Å². The fourth-order valence-corrected chi connectivity index (χ4v) is 5.62. The zero-order valence-electron chi connectivity index (χ0n) is 14.7. The molecule has 2 N–H and O–H groups in total. The molecular formula is C17H14Cl2N4O3S2. The molecule has 146 valence electrons. The number of aryl methyl sites for hydroxylation is 1. The highest BCUT2D eigenvalue weighted by atomic mass is 35.5. The first kappa shape index (κ1) is 20.5. The summed E-state index contributed by atoms with van der Waals surface area (Å²) in [5.41, 5.74) is 2.14. The zero-order chi connectivity index (χ0) is 20.5. The zero-order valence-corrected chi connectivity index (χ0v) is 17.8. The molecule has 3 heterocycles. The average molecular weight is 457 g/mol. The van der Waals surface area contributed by atoms with Crippen LogP contribution in [0.3, 0.4) is 0 Å². The summed E-state index contributed by atoms with van der Waals surface area (Å²) in [6.07, 6.45) is 3.14. The number of carbonyl (C=O) groups excluding carboxylic acids is 1. The number of nitrogens with zero attached hydrogens (tertiary/aromatic N) is 2. The number of rotatable bonds is 5. The molecule has 0 fully saturated rings. The first-order valence-corrected chi connectivity index (χ1v) is 10.9. The number of thiophene rings is 1. The van der Waals surface area contributed by atoms with Crippen molar-refractivity contribution in [1.29, 1.82) is 0 Å². The minimum Gasteiger partial charge on any atom is -0.311 e. The summed E-state index contributed by atoms with van der Waals surface area (Å²) >= 11 is 12.8. The summed E-state index contributed by atoms with van der Waals surface area (Å²) in [7, 11) is -3.93. The smallest absolute Gasteiger partial charge is 0.264 e. The van der Waals surface area contributed by atoms with Gasteiger partial charge >= 0.3 is 0 Å². The summed E-state index contributed by atoms with van der Waals surface area (Å²) in [5, 5.41) is 2.60. The van der Waals surface area contributed by atoms with Gasteiger partial charge in [-0.15, -0.1) is 11.3 Å². The molecule has 0 radical (unpaired) electrons. The first-order chi connectivity index (χ1) is 13.2. The number of nitrogens with one attached hydrogen (secondary N) is 2. The minimum absolute atomic E-state index is 0.0772. The van der Waals surface area contributed by atoms with E-state index in [0.717, 1.165) is 11.3 Å². The quantitative estimate of drug-likeness (QED) is 0.584. The van der Waals surface area contributed by atoms with Crippen molar-refractivity contribution in [3.63, 3.8) is 0 Å². The number of aromatic nitrogens is 2. The van der Waals surface area contributed by atoms with Crippen molar-refractivity contribution in [2.75, 3.05) is 10.0 Å². The summed E-state index contributed by atoms with van der Waals surface area (Å²) < 4.78 is 28.2. The van der Waals surface area contributed by atoms with Gasteiger partial charge < -0.3 is 5.32 Å². The number of carbonyl (C=O) groups is 1. The number of anilines is 2. The highest BCUT2D eigenvalue weighted by Gasteiger charge is 2.22. The maximum absolute atomic E-state index is 12.7. The van der Waals surface area contributed by atoms with Crippen molar-refractivity contribution in [2.24, 2.45) is 0 Å². The third kappa shape index (κ3) is 4.61. The molecule has 11 heteroatoms. The Balaban J connectivity index is 1.96. The molecule has 3 aromatic rings. The van der Waals surface area contributed by atoms with Crippen LogP contribution in [-0.2, 0) is 14.8 Å². The van der Waals surface area contributed by atoms with E-state index in [2.05, 4.69) is 20.0 Å². The van der Waals surface area contributed by atoms with Gasteiger partial charge in [-0.05, 0) is 36.8 Å². The number of halogens is 2. The second-order valence-electron chi connectivity index (χ2n) is 5.76. The molecule has 0 spiro atoms. The van der Waals surface area contributed by atoms with Gasteiger partial charge in [0, 0.05) is 24.9 Å². The lowest BCUT2D eigenvalue weighted by Crippen LogP contribution is -2.14. The Hall–Kier alpha value is -2.20. The van der Waals surface area contributed by atoms with E-state index in [1.807, 2.05) is 0 Å². The lowest BCUT2D eigenvalue weighted by molar-refractivity contribution is -0.114.